The molecule has 0 N–H and O–H groups in total. The van der Waals surface area contributed by atoms with Crippen molar-refractivity contribution in [2.24, 2.45) is 0 Å². The second-order valence-corrected chi connectivity index (χ2v) is 5.30. The van der Waals surface area contributed by atoms with Crippen LogP contribution in [0.3, 0.4) is 0 Å². The Hall–Kier alpha value is -1.23. The van der Waals surface area contributed by atoms with Crippen LogP contribution in [0.4, 0.5) is 0 Å². The Morgan fingerprint density at radius 1 is 1.17 bits per heavy atom. The van der Waals surface area contributed by atoms with Crippen molar-refractivity contribution < 1.29 is 14.2 Å². The van der Waals surface area contributed by atoms with Crippen LogP contribution in [0.2, 0.25) is 0 Å². The van der Waals surface area contributed by atoms with Gasteiger partial charge in [0.05, 0.1) is 26.4 Å². The van der Waals surface area contributed by atoms with Gasteiger partial charge in [-0.25, -0.2) is 0 Å². The van der Waals surface area contributed by atoms with Gasteiger partial charge in [0.1, 0.15) is 0 Å². The number of rotatable bonds is 8. The lowest BCUT2D eigenvalue weighted by Crippen LogP contribution is -2.37. The smallest absolute Gasteiger partial charge is 0.161 e. The summed E-state index contributed by atoms with van der Waals surface area (Å²) in [5, 5.41) is 0. The number of morpholine rings is 1. The van der Waals surface area contributed by atoms with Crippen LogP contribution in [0.25, 0.3) is 6.08 Å². The molecule has 130 valence electrons. The Morgan fingerprint density at radius 2 is 1.96 bits per heavy atom. The van der Waals surface area contributed by atoms with Crippen molar-refractivity contribution >= 4 is 18.5 Å². The predicted molar refractivity (Wildman–Crippen MR) is 96.9 cm³/mol. The van der Waals surface area contributed by atoms with E-state index >= 15 is 0 Å². The number of halogens is 1. The third-order valence-electron chi connectivity index (χ3n) is 3.61. The maximum atomic E-state index is 5.95. The molecule has 1 aliphatic rings. The van der Waals surface area contributed by atoms with Crippen molar-refractivity contribution in [2.45, 2.75) is 20.3 Å². The molecule has 0 atom stereocenters. The molecule has 0 unspecified atom stereocenters. The summed E-state index contributed by atoms with van der Waals surface area (Å²) in [6.07, 6.45) is 5.10. The van der Waals surface area contributed by atoms with Gasteiger partial charge in [0.25, 0.3) is 0 Å². The summed E-state index contributed by atoms with van der Waals surface area (Å²) >= 11 is 0. The van der Waals surface area contributed by atoms with Gasteiger partial charge in [-0.1, -0.05) is 18.2 Å². The van der Waals surface area contributed by atoms with Gasteiger partial charge < -0.3 is 14.2 Å². The minimum absolute atomic E-state index is 0. The zero-order valence-electron chi connectivity index (χ0n) is 14.1. The van der Waals surface area contributed by atoms with E-state index < -0.39 is 0 Å². The SMILES string of the molecule is C/C=C\c1ccc(OCC)c(OCCCN2CCOCC2)c1.Cl. The molecule has 0 spiro atoms. The normalized spacial score (nSPS) is 15.4. The van der Waals surface area contributed by atoms with Crippen molar-refractivity contribution in [1.82, 2.24) is 4.90 Å². The van der Waals surface area contributed by atoms with Gasteiger partial charge in [-0.15, -0.1) is 12.4 Å². The minimum Gasteiger partial charge on any atom is -0.490 e. The van der Waals surface area contributed by atoms with Gasteiger partial charge in [-0.05, 0) is 38.0 Å². The Balaban J connectivity index is 0.00000264. The van der Waals surface area contributed by atoms with Crippen LogP contribution < -0.4 is 9.47 Å². The van der Waals surface area contributed by atoms with E-state index in [1.165, 1.54) is 0 Å². The van der Waals surface area contributed by atoms with Crippen LogP contribution in [0.1, 0.15) is 25.8 Å². The lowest BCUT2D eigenvalue weighted by atomic mass is 10.2. The maximum Gasteiger partial charge on any atom is 0.161 e. The average molecular weight is 342 g/mol. The molecule has 1 aromatic carbocycles. The molecule has 0 saturated carbocycles. The molecule has 4 nitrogen and oxygen atoms in total. The van der Waals surface area contributed by atoms with Crippen molar-refractivity contribution in [3.05, 3.63) is 29.8 Å². The molecule has 0 aliphatic carbocycles. The van der Waals surface area contributed by atoms with Crippen molar-refractivity contribution in [3.63, 3.8) is 0 Å². The van der Waals surface area contributed by atoms with E-state index in [4.69, 9.17) is 14.2 Å². The van der Waals surface area contributed by atoms with Gasteiger partial charge in [0.2, 0.25) is 0 Å². The Bertz CT molecular complexity index is 473. The minimum atomic E-state index is 0. The lowest BCUT2D eigenvalue weighted by Gasteiger charge is -2.26. The summed E-state index contributed by atoms with van der Waals surface area (Å²) in [6, 6.07) is 6.07. The number of hydrogen-bond donors (Lipinski definition) is 0. The van der Waals surface area contributed by atoms with Crippen LogP contribution >= 0.6 is 12.4 Å². The third-order valence-corrected chi connectivity index (χ3v) is 3.61. The van der Waals surface area contributed by atoms with E-state index in [1.807, 2.05) is 38.1 Å². The molecule has 0 bridgehead atoms. The first-order valence-electron chi connectivity index (χ1n) is 8.16. The lowest BCUT2D eigenvalue weighted by molar-refractivity contribution is 0.0357. The molecule has 2 rings (SSSR count). The quantitative estimate of drug-likeness (QED) is 0.675. The first-order valence-corrected chi connectivity index (χ1v) is 8.16. The van der Waals surface area contributed by atoms with Crippen LogP contribution in [0, 0.1) is 0 Å². The number of ether oxygens (including phenoxy) is 3. The highest BCUT2D eigenvalue weighted by Gasteiger charge is 2.10. The summed E-state index contributed by atoms with van der Waals surface area (Å²) in [5.41, 5.74) is 1.13. The molecule has 1 saturated heterocycles. The standard InChI is InChI=1S/C18H27NO3.ClH/c1-3-6-16-7-8-17(21-4-2)18(15-16)22-12-5-9-19-10-13-20-14-11-19;/h3,6-8,15H,4-5,9-14H2,1-2H3;1H/b6-3-;. The van der Waals surface area contributed by atoms with Crippen molar-refractivity contribution in [1.29, 1.82) is 0 Å². The molecule has 5 heteroatoms. The first kappa shape index (κ1) is 19.8. The van der Waals surface area contributed by atoms with Crippen LogP contribution in [-0.4, -0.2) is 51.0 Å². The van der Waals surface area contributed by atoms with Crippen LogP contribution in [0.5, 0.6) is 11.5 Å². The maximum absolute atomic E-state index is 5.95. The molecule has 1 aromatic rings. The van der Waals surface area contributed by atoms with Gasteiger partial charge >= 0.3 is 0 Å². The molecule has 1 heterocycles. The number of nitrogens with zero attached hydrogens (tertiary/aromatic N) is 1. The van der Waals surface area contributed by atoms with Crippen molar-refractivity contribution in [3.8, 4) is 11.5 Å². The van der Waals surface area contributed by atoms with E-state index in [-0.39, 0.29) is 12.4 Å². The zero-order chi connectivity index (χ0) is 15.6. The number of hydrogen-bond acceptors (Lipinski definition) is 4. The Morgan fingerprint density at radius 3 is 2.65 bits per heavy atom. The molecule has 0 aromatic heterocycles. The summed E-state index contributed by atoms with van der Waals surface area (Å²) in [6.45, 7) is 10.2. The summed E-state index contributed by atoms with van der Waals surface area (Å²) < 4.78 is 17.0. The van der Waals surface area contributed by atoms with Crippen molar-refractivity contribution in [2.75, 3.05) is 46.1 Å². The number of benzene rings is 1. The molecule has 23 heavy (non-hydrogen) atoms. The highest BCUT2D eigenvalue weighted by Crippen LogP contribution is 2.29. The third kappa shape index (κ3) is 6.81. The molecule has 1 aliphatic heterocycles. The average Bonchev–Trinajstić information content (AvgIpc) is 2.55. The summed E-state index contributed by atoms with van der Waals surface area (Å²) in [5.74, 6) is 1.65. The van der Waals surface area contributed by atoms with E-state index in [9.17, 15) is 0 Å². The summed E-state index contributed by atoms with van der Waals surface area (Å²) in [7, 11) is 0. The Labute approximate surface area is 145 Å². The van der Waals surface area contributed by atoms with E-state index in [2.05, 4.69) is 11.0 Å². The fourth-order valence-corrected chi connectivity index (χ4v) is 2.50. The number of allylic oxidation sites excluding steroid dienone is 1. The Kier molecular flexibility index (Phi) is 9.76. The van der Waals surface area contributed by atoms with E-state index in [0.29, 0.717) is 13.2 Å². The fraction of sp³-hybridized carbons (Fsp3) is 0.556. The highest BCUT2D eigenvalue weighted by atomic mass is 35.5. The topological polar surface area (TPSA) is 30.9 Å². The van der Waals surface area contributed by atoms with Gasteiger partial charge in [-0.2, -0.15) is 0 Å². The largest absolute Gasteiger partial charge is 0.490 e. The highest BCUT2D eigenvalue weighted by molar-refractivity contribution is 5.85. The predicted octanol–water partition coefficient (Wildman–Crippen LogP) is 3.64. The molecular formula is C18H28ClNO3. The van der Waals surface area contributed by atoms with Crippen LogP contribution in [0.15, 0.2) is 24.3 Å². The second-order valence-electron chi connectivity index (χ2n) is 5.30. The van der Waals surface area contributed by atoms with Gasteiger partial charge in [0.15, 0.2) is 11.5 Å². The summed E-state index contributed by atoms with van der Waals surface area (Å²) in [4.78, 5) is 2.42. The second kappa shape index (κ2) is 11.3. The van der Waals surface area contributed by atoms with Crippen LogP contribution in [-0.2, 0) is 4.74 Å². The fourth-order valence-electron chi connectivity index (χ4n) is 2.50. The molecular weight excluding hydrogens is 314 g/mol. The molecule has 0 amide bonds. The van der Waals surface area contributed by atoms with E-state index in [0.717, 1.165) is 56.3 Å². The first-order chi connectivity index (χ1) is 10.8. The van der Waals surface area contributed by atoms with E-state index in [1.54, 1.807) is 0 Å². The molecule has 1 fully saturated rings. The monoisotopic (exact) mass is 341 g/mol. The van der Waals surface area contributed by atoms with Gasteiger partial charge in [0, 0.05) is 19.6 Å². The zero-order valence-corrected chi connectivity index (χ0v) is 14.9. The van der Waals surface area contributed by atoms with Gasteiger partial charge in [-0.3, -0.25) is 4.90 Å². The molecule has 0 radical (unpaired) electrons.